The summed E-state index contributed by atoms with van der Waals surface area (Å²) >= 11 is 12.6. The Labute approximate surface area is 134 Å². The van der Waals surface area contributed by atoms with Crippen molar-refractivity contribution in [2.75, 3.05) is 0 Å². The van der Waals surface area contributed by atoms with Gasteiger partial charge < -0.3 is 0 Å². The van der Waals surface area contributed by atoms with Crippen LogP contribution in [0.15, 0.2) is 6.07 Å². The molecule has 0 amide bonds. The van der Waals surface area contributed by atoms with Gasteiger partial charge >= 0.3 is 0 Å². The zero-order valence-electron chi connectivity index (χ0n) is 12.2. The van der Waals surface area contributed by atoms with E-state index in [0.29, 0.717) is 22.9 Å². The Kier molecular flexibility index (Phi) is 4.18. The summed E-state index contributed by atoms with van der Waals surface area (Å²) in [5.41, 5.74) is 3.75. The summed E-state index contributed by atoms with van der Waals surface area (Å²) in [5, 5.41) is 5.23. The molecule has 0 radical (unpaired) electrons. The van der Waals surface area contributed by atoms with Gasteiger partial charge in [0.15, 0.2) is 0 Å². The minimum absolute atomic E-state index is 0.371. The number of halogens is 2. The van der Waals surface area contributed by atoms with Crippen molar-refractivity contribution in [3.05, 3.63) is 33.9 Å². The van der Waals surface area contributed by atoms with Crippen molar-refractivity contribution < 1.29 is 0 Å². The highest BCUT2D eigenvalue weighted by atomic mass is 35.5. The molecule has 1 saturated carbocycles. The second-order valence-electron chi connectivity index (χ2n) is 5.63. The lowest BCUT2D eigenvalue weighted by atomic mass is 10.0. The molecule has 0 saturated heterocycles. The zero-order valence-corrected chi connectivity index (χ0v) is 13.7. The molecular weight excluding hydrogens is 307 g/mol. The van der Waals surface area contributed by atoms with E-state index in [0.717, 1.165) is 35.5 Å². The molecule has 0 aromatic carbocycles. The molecule has 4 nitrogen and oxygen atoms in total. The van der Waals surface area contributed by atoms with Crippen LogP contribution >= 0.6 is 23.2 Å². The summed E-state index contributed by atoms with van der Waals surface area (Å²) in [4.78, 5) is 8.88. The Bertz CT molecular complexity index is 640. The summed E-state index contributed by atoms with van der Waals surface area (Å²) in [5.74, 6) is 1.35. The molecule has 0 atom stereocenters. The van der Waals surface area contributed by atoms with E-state index in [9.17, 15) is 0 Å². The van der Waals surface area contributed by atoms with E-state index in [1.807, 2.05) is 19.9 Å². The molecule has 1 aliphatic carbocycles. The van der Waals surface area contributed by atoms with Crippen LogP contribution in [0.25, 0.3) is 5.95 Å². The highest BCUT2D eigenvalue weighted by Crippen LogP contribution is 2.38. The molecule has 2 heterocycles. The third-order valence-electron chi connectivity index (χ3n) is 3.99. The second-order valence-corrected chi connectivity index (χ2v) is 6.26. The normalized spacial score (nSPS) is 15.8. The molecule has 0 aliphatic heterocycles. The van der Waals surface area contributed by atoms with E-state index < -0.39 is 0 Å². The van der Waals surface area contributed by atoms with Crippen molar-refractivity contribution in [3.8, 4) is 5.95 Å². The van der Waals surface area contributed by atoms with Crippen molar-refractivity contribution >= 4 is 23.2 Å². The van der Waals surface area contributed by atoms with Gasteiger partial charge in [-0.2, -0.15) is 9.78 Å². The summed E-state index contributed by atoms with van der Waals surface area (Å²) < 4.78 is 1.63. The Hall–Kier alpha value is -1.13. The van der Waals surface area contributed by atoms with E-state index in [1.54, 1.807) is 4.68 Å². The zero-order chi connectivity index (χ0) is 15.0. The fourth-order valence-electron chi connectivity index (χ4n) is 3.03. The number of rotatable bonds is 3. The van der Waals surface area contributed by atoms with Gasteiger partial charge in [-0.25, -0.2) is 9.97 Å². The van der Waals surface area contributed by atoms with Crippen molar-refractivity contribution in [1.29, 1.82) is 0 Å². The molecule has 21 heavy (non-hydrogen) atoms. The van der Waals surface area contributed by atoms with Crippen LogP contribution in [0.2, 0.25) is 5.15 Å². The average molecular weight is 325 g/mol. The number of nitrogens with zero attached hydrogens (tertiary/aromatic N) is 4. The quantitative estimate of drug-likeness (QED) is 0.789. The first kappa shape index (κ1) is 14.8. The summed E-state index contributed by atoms with van der Waals surface area (Å²) in [6.07, 6.45) is 4.81. The van der Waals surface area contributed by atoms with Gasteiger partial charge in [-0.15, -0.1) is 11.6 Å². The second kappa shape index (κ2) is 5.93. The predicted octanol–water partition coefficient (Wildman–Crippen LogP) is 4.33. The van der Waals surface area contributed by atoms with Gasteiger partial charge in [0.1, 0.15) is 5.15 Å². The number of hydrogen-bond donors (Lipinski definition) is 0. The van der Waals surface area contributed by atoms with Gasteiger partial charge in [0.25, 0.3) is 5.95 Å². The molecule has 2 aromatic heterocycles. The smallest absolute Gasteiger partial charge is 0.216 e. The molecular formula is C15H18Cl2N4. The van der Waals surface area contributed by atoms with Crippen molar-refractivity contribution in [3.63, 3.8) is 0 Å². The van der Waals surface area contributed by atoms with Crippen molar-refractivity contribution in [2.24, 2.45) is 0 Å². The van der Waals surface area contributed by atoms with E-state index in [-0.39, 0.29) is 0 Å². The molecule has 0 unspecified atom stereocenters. The summed E-state index contributed by atoms with van der Waals surface area (Å²) in [6.45, 7) is 3.88. The van der Waals surface area contributed by atoms with E-state index >= 15 is 0 Å². The van der Waals surface area contributed by atoms with Crippen LogP contribution in [-0.2, 0) is 5.88 Å². The highest BCUT2D eigenvalue weighted by Gasteiger charge is 2.26. The summed E-state index contributed by atoms with van der Waals surface area (Å²) in [7, 11) is 0. The van der Waals surface area contributed by atoms with Crippen LogP contribution in [0.3, 0.4) is 0 Å². The highest BCUT2D eigenvalue weighted by molar-refractivity contribution is 6.31. The number of hydrogen-bond acceptors (Lipinski definition) is 3. The first-order valence-electron chi connectivity index (χ1n) is 7.26. The molecule has 1 aliphatic rings. The van der Waals surface area contributed by atoms with Gasteiger partial charge in [-0.05, 0) is 32.8 Å². The molecule has 2 aromatic rings. The van der Waals surface area contributed by atoms with Crippen molar-refractivity contribution in [2.45, 2.75) is 51.3 Å². The predicted molar refractivity (Wildman–Crippen MR) is 84.4 cm³/mol. The maximum absolute atomic E-state index is 6.48. The molecule has 0 bridgehead atoms. The molecule has 1 fully saturated rings. The number of aryl methyl sites for hydroxylation is 2. The minimum atomic E-state index is 0.371. The van der Waals surface area contributed by atoms with Gasteiger partial charge in [0.2, 0.25) is 0 Å². The minimum Gasteiger partial charge on any atom is -0.216 e. The molecule has 0 spiro atoms. The van der Waals surface area contributed by atoms with Gasteiger partial charge in [-0.1, -0.05) is 24.4 Å². The molecule has 3 rings (SSSR count). The van der Waals surface area contributed by atoms with Gasteiger partial charge in [-0.3, -0.25) is 0 Å². The first-order chi connectivity index (χ1) is 10.1. The molecule has 0 N–H and O–H groups in total. The lowest BCUT2D eigenvalue weighted by molar-refractivity contribution is 0.667. The maximum atomic E-state index is 6.48. The van der Waals surface area contributed by atoms with E-state index in [1.165, 1.54) is 12.8 Å². The fourth-order valence-corrected chi connectivity index (χ4v) is 3.64. The van der Waals surface area contributed by atoms with E-state index in [2.05, 4.69) is 9.97 Å². The van der Waals surface area contributed by atoms with Crippen LogP contribution in [0.4, 0.5) is 0 Å². The maximum Gasteiger partial charge on any atom is 0.252 e. The summed E-state index contributed by atoms with van der Waals surface area (Å²) in [6, 6.07) is 1.93. The topological polar surface area (TPSA) is 43.6 Å². The lowest BCUT2D eigenvalue weighted by Gasteiger charge is -2.06. The SMILES string of the molecule is Cc1cc(C)nc(-n2nc(C3CCCC3)c(CCl)c2Cl)n1. The fraction of sp³-hybridized carbons (Fsp3) is 0.533. The average Bonchev–Trinajstić information content (AvgIpc) is 3.04. The number of aromatic nitrogens is 4. The third-order valence-corrected chi connectivity index (χ3v) is 4.64. The molecule has 6 heteroatoms. The monoisotopic (exact) mass is 324 g/mol. The van der Waals surface area contributed by atoms with Crippen LogP contribution in [0.5, 0.6) is 0 Å². The Morgan fingerprint density at radius 1 is 1.19 bits per heavy atom. The van der Waals surface area contributed by atoms with Crippen LogP contribution in [0, 0.1) is 13.8 Å². The van der Waals surface area contributed by atoms with Crippen LogP contribution in [-0.4, -0.2) is 19.7 Å². The van der Waals surface area contributed by atoms with Crippen LogP contribution in [0.1, 0.15) is 54.2 Å². The van der Waals surface area contributed by atoms with Crippen LogP contribution < -0.4 is 0 Å². The Morgan fingerprint density at radius 2 is 1.81 bits per heavy atom. The van der Waals surface area contributed by atoms with E-state index in [4.69, 9.17) is 28.3 Å². The van der Waals surface area contributed by atoms with Gasteiger partial charge in [0.05, 0.1) is 11.6 Å². The Morgan fingerprint density at radius 3 is 2.38 bits per heavy atom. The largest absolute Gasteiger partial charge is 0.252 e. The number of alkyl halides is 1. The third kappa shape index (κ3) is 2.79. The van der Waals surface area contributed by atoms with Crippen molar-refractivity contribution in [1.82, 2.24) is 19.7 Å². The standard InChI is InChI=1S/C15H18Cl2N4/c1-9-7-10(2)19-15(18-9)21-14(17)12(8-16)13(20-21)11-5-3-4-6-11/h7,11H,3-6,8H2,1-2H3. The lowest BCUT2D eigenvalue weighted by Crippen LogP contribution is -2.06. The Balaban J connectivity index is 2.10. The first-order valence-corrected chi connectivity index (χ1v) is 8.17. The van der Waals surface area contributed by atoms with Gasteiger partial charge in [0, 0.05) is 22.9 Å². The molecule has 112 valence electrons.